The van der Waals surface area contributed by atoms with Gasteiger partial charge in [0.15, 0.2) is 5.96 Å². The summed E-state index contributed by atoms with van der Waals surface area (Å²) in [5, 5.41) is 6.25. The van der Waals surface area contributed by atoms with Crippen LogP contribution in [0.4, 0.5) is 4.79 Å². The molecule has 8 heteroatoms. The number of carbonyl (C=O) groups excluding carboxylic acids is 1. The molecule has 1 heterocycles. The lowest BCUT2D eigenvalue weighted by atomic mass is 10.2. The van der Waals surface area contributed by atoms with E-state index >= 15 is 0 Å². The fraction of sp³-hybridized carbons (Fsp3) is 0.600. The van der Waals surface area contributed by atoms with E-state index in [9.17, 15) is 4.79 Å². The SMILES string of the molecule is CCNC(=NCCOc1ccccc1)N1CCC(NC(=O)OC(C)(C)C)C1.I. The molecule has 2 N–H and O–H groups in total. The highest BCUT2D eigenvalue weighted by Crippen LogP contribution is 2.12. The number of nitrogens with one attached hydrogen (secondary N) is 2. The zero-order chi connectivity index (χ0) is 19.7. The van der Waals surface area contributed by atoms with Crippen LogP contribution in [0.5, 0.6) is 5.75 Å². The third-order valence-corrected chi connectivity index (χ3v) is 3.91. The first-order chi connectivity index (χ1) is 12.9. The number of hydrogen-bond donors (Lipinski definition) is 2. The summed E-state index contributed by atoms with van der Waals surface area (Å²) in [6, 6.07) is 9.79. The van der Waals surface area contributed by atoms with Crippen LogP contribution in [0.3, 0.4) is 0 Å². The standard InChI is InChI=1S/C20H32N4O3.HI/c1-5-21-18(22-12-14-26-17-9-7-6-8-10-17)24-13-11-16(15-24)23-19(25)27-20(2,3)4;/h6-10,16H,5,11-15H2,1-4H3,(H,21,22)(H,23,25);1H. The highest BCUT2D eigenvalue weighted by atomic mass is 127. The predicted molar refractivity (Wildman–Crippen MR) is 123 cm³/mol. The minimum atomic E-state index is -0.489. The van der Waals surface area contributed by atoms with Crippen LogP contribution in [0.2, 0.25) is 0 Å². The number of para-hydroxylation sites is 1. The van der Waals surface area contributed by atoms with Crippen molar-refractivity contribution in [1.82, 2.24) is 15.5 Å². The van der Waals surface area contributed by atoms with Crippen LogP contribution in [-0.4, -0.2) is 61.4 Å². The summed E-state index contributed by atoms with van der Waals surface area (Å²) in [6.45, 7) is 11.1. The molecule has 1 atom stereocenters. The molecule has 0 aliphatic carbocycles. The summed E-state index contributed by atoms with van der Waals surface area (Å²) >= 11 is 0. The van der Waals surface area contributed by atoms with E-state index in [2.05, 4.69) is 20.5 Å². The number of alkyl carbamates (subject to hydrolysis) is 1. The van der Waals surface area contributed by atoms with Gasteiger partial charge in [0.2, 0.25) is 0 Å². The maximum absolute atomic E-state index is 11.9. The van der Waals surface area contributed by atoms with Gasteiger partial charge in [0, 0.05) is 19.6 Å². The quantitative estimate of drug-likeness (QED) is 0.269. The summed E-state index contributed by atoms with van der Waals surface area (Å²) in [5.74, 6) is 1.70. The van der Waals surface area contributed by atoms with Crippen LogP contribution in [0, 0.1) is 0 Å². The van der Waals surface area contributed by atoms with E-state index < -0.39 is 5.60 Å². The molecule has 0 aromatic heterocycles. The molecular formula is C20H33IN4O3. The van der Waals surface area contributed by atoms with Crippen molar-refractivity contribution in [1.29, 1.82) is 0 Å². The molecule has 0 radical (unpaired) electrons. The van der Waals surface area contributed by atoms with Gasteiger partial charge in [-0.1, -0.05) is 18.2 Å². The van der Waals surface area contributed by atoms with Gasteiger partial charge in [0.1, 0.15) is 18.0 Å². The summed E-state index contributed by atoms with van der Waals surface area (Å²) in [6.07, 6.45) is 0.497. The Morgan fingerprint density at radius 1 is 1.29 bits per heavy atom. The van der Waals surface area contributed by atoms with Gasteiger partial charge in [-0.3, -0.25) is 0 Å². The second kappa shape index (κ2) is 12.0. The Labute approximate surface area is 185 Å². The molecule has 1 fully saturated rings. The minimum absolute atomic E-state index is 0. The summed E-state index contributed by atoms with van der Waals surface area (Å²) < 4.78 is 11.0. The van der Waals surface area contributed by atoms with Crippen molar-refractivity contribution in [3.8, 4) is 5.75 Å². The summed E-state index contributed by atoms with van der Waals surface area (Å²) in [5.41, 5.74) is -0.489. The molecule has 7 nitrogen and oxygen atoms in total. The first-order valence-corrected chi connectivity index (χ1v) is 9.58. The van der Waals surface area contributed by atoms with Crippen LogP contribution < -0.4 is 15.4 Å². The molecule has 28 heavy (non-hydrogen) atoms. The Balaban J connectivity index is 0.00000392. The molecule has 1 aliphatic rings. The lowest BCUT2D eigenvalue weighted by Gasteiger charge is -2.23. The Morgan fingerprint density at radius 2 is 2.00 bits per heavy atom. The average Bonchev–Trinajstić information content (AvgIpc) is 3.05. The molecule has 1 unspecified atom stereocenters. The highest BCUT2D eigenvalue weighted by molar-refractivity contribution is 14.0. The van der Waals surface area contributed by atoms with Crippen molar-refractivity contribution in [2.24, 2.45) is 4.99 Å². The second-order valence-electron chi connectivity index (χ2n) is 7.48. The van der Waals surface area contributed by atoms with Crippen LogP contribution in [0.1, 0.15) is 34.1 Å². The number of halogens is 1. The Kier molecular flexibility index (Phi) is 10.4. The number of hydrogen-bond acceptors (Lipinski definition) is 4. The predicted octanol–water partition coefficient (Wildman–Crippen LogP) is 3.25. The highest BCUT2D eigenvalue weighted by Gasteiger charge is 2.27. The third kappa shape index (κ3) is 8.99. The van der Waals surface area contributed by atoms with E-state index in [1.165, 1.54) is 0 Å². The van der Waals surface area contributed by atoms with Gasteiger partial charge in [-0.25, -0.2) is 9.79 Å². The molecule has 0 spiro atoms. The van der Waals surface area contributed by atoms with Crippen molar-refractivity contribution in [3.05, 3.63) is 30.3 Å². The molecule has 2 rings (SSSR count). The molecule has 1 saturated heterocycles. The molecule has 1 aromatic carbocycles. The lowest BCUT2D eigenvalue weighted by Crippen LogP contribution is -2.44. The molecule has 1 aromatic rings. The number of aliphatic imine (C=N–C) groups is 1. The van der Waals surface area contributed by atoms with Crippen LogP contribution in [0.15, 0.2) is 35.3 Å². The van der Waals surface area contributed by atoms with Crippen molar-refractivity contribution < 1.29 is 14.3 Å². The fourth-order valence-electron chi connectivity index (χ4n) is 2.80. The average molecular weight is 504 g/mol. The van der Waals surface area contributed by atoms with Crippen molar-refractivity contribution in [2.75, 3.05) is 32.8 Å². The largest absolute Gasteiger partial charge is 0.492 e. The minimum Gasteiger partial charge on any atom is -0.492 e. The van der Waals surface area contributed by atoms with E-state index in [-0.39, 0.29) is 36.1 Å². The van der Waals surface area contributed by atoms with E-state index in [4.69, 9.17) is 9.47 Å². The second-order valence-corrected chi connectivity index (χ2v) is 7.48. The lowest BCUT2D eigenvalue weighted by molar-refractivity contribution is 0.0507. The van der Waals surface area contributed by atoms with Gasteiger partial charge in [-0.15, -0.1) is 24.0 Å². The maximum atomic E-state index is 11.9. The molecular weight excluding hydrogens is 471 g/mol. The molecule has 158 valence electrons. The Morgan fingerprint density at radius 3 is 2.64 bits per heavy atom. The topological polar surface area (TPSA) is 75.2 Å². The number of benzene rings is 1. The van der Waals surface area contributed by atoms with Gasteiger partial charge in [-0.2, -0.15) is 0 Å². The number of nitrogens with zero attached hydrogens (tertiary/aromatic N) is 2. The van der Waals surface area contributed by atoms with Gasteiger partial charge in [-0.05, 0) is 46.2 Å². The normalized spacial score (nSPS) is 16.9. The van der Waals surface area contributed by atoms with Gasteiger partial charge in [0.25, 0.3) is 0 Å². The van der Waals surface area contributed by atoms with Crippen molar-refractivity contribution in [2.45, 2.75) is 45.8 Å². The fourth-order valence-corrected chi connectivity index (χ4v) is 2.80. The van der Waals surface area contributed by atoms with E-state index in [0.29, 0.717) is 19.7 Å². The van der Waals surface area contributed by atoms with Gasteiger partial charge < -0.3 is 25.0 Å². The Hall–Kier alpha value is -1.71. The molecule has 0 bridgehead atoms. The summed E-state index contributed by atoms with van der Waals surface area (Å²) in [7, 11) is 0. The van der Waals surface area contributed by atoms with Crippen LogP contribution >= 0.6 is 24.0 Å². The maximum Gasteiger partial charge on any atom is 0.407 e. The number of amides is 1. The Bertz CT molecular complexity index is 620. The molecule has 1 amide bonds. The van der Waals surface area contributed by atoms with E-state index in [1.54, 1.807) is 0 Å². The smallest absolute Gasteiger partial charge is 0.407 e. The van der Waals surface area contributed by atoms with Crippen LogP contribution in [0.25, 0.3) is 0 Å². The van der Waals surface area contributed by atoms with Gasteiger partial charge in [0.05, 0.1) is 12.6 Å². The monoisotopic (exact) mass is 504 g/mol. The summed E-state index contributed by atoms with van der Waals surface area (Å²) in [4.78, 5) is 18.8. The third-order valence-electron chi connectivity index (χ3n) is 3.91. The van der Waals surface area contributed by atoms with Crippen molar-refractivity contribution in [3.63, 3.8) is 0 Å². The number of rotatable bonds is 6. The number of guanidine groups is 1. The number of likely N-dealkylation sites (tertiary alicyclic amines) is 1. The van der Waals surface area contributed by atoms with E-state index in [0.717, 1.165) is 31.2 Å². The number of ether oxygens (including phenoxy) is 2. The molecule has 0 saturated carbocycles. The van der Waals surface area contributed by atoms with Gasteiger partial charge >= 0.3 is 6.09 Å². The zero-order valence-electron chi connectivity index (χ0n) is 17.2. The first kappa shape index (κ1) is 24.3. The zero-order valence-corrected chi connectivity index (χ0v) is 19.6. The van der Waals surface area contributed by atoms with Crippen molar-refractivity contribution >= 4 is 36.0 Å². The molecule has 1 aliphatic heterocycles. The first-order valence-electron chi connectivity index (χ1n) is 9.58. The van der Waals surface area contributed by atoms with Crippen LogP contribution in [-0.2, 0) is 4.74 Å². The number of carbonyl (C=O) groups is 1. The van der Waals surface area contributed by atoms with E-state index in [1.807, 2.05) is 58.0 Å².